The topological polar surface area (TPSA) is 72.4 Å². The Hall–Kier alpha value is 0.850. The maximum absolute atomic E-state index is 10.4. The lowest BCUT2D eigenvalue weighted by Crippen LogP contribution is -2.47. The summed E-state index contributed by atoms with van der Waals surface area (Å²) < 4.78 is 0.729. The zero-order valence-corrected chi connectivity index (χ0v) is 8.11. The van der Waals surface area contributed by atoms with Crippen molar-refractivity contribution >= 4 is 31.3 Å². The monoisotopic (exact) mass is 219 g/mol. The van der Waals surface area contributed by atoms with E-state index in [1.807, 2.05) is 0 Å². The average Bonchev–Trinajstić information content (AvgIpc) is 1.85. The molecule has 0 N–H and O–H groups in total. The Bertz CT molecular complexity index is 104. The summed E-state index contributed by atoms with van der Waals surface area (Å²) in [6, 6.07) is 0. The highest BCUT2D eigenvalue weighted by atomic mass is 35.5. The third kappa shape index (κ3) is 5.15. The van der Waals surface area contributed by atoms with Crippen LogP contribution in [0.2, 0.25) is 0 Å². The van der Waals surface area contributed by atoms with Crippen LogP contribution in [0.4, 0.5) is 0 Å². The number of alkyl halides is 2. The third-order valence-corrected chi connectivity index (χ3v) is 2.46. The summed E-state index contributed by atoms with van der Waals surface area (Å²) in [5.41, 5.74) is 0. The molecule has 0 aromatic heterocycles. The van der Waals surface area contributed by atoms with Crippen LogP contribution in [-0.4, -0.2) is 29.5 Å². The molecule has 0 amide bonds. The van der Waals surface area contributed by atoms with E-state index in [9.17, 15) is 14.7 Å². The molecule has 4 nitrogen and oxygen atoms in total. The minimum Gasteiger partial charge on any atom is -0.673 e. The molecule has 0 aromatic carbocycles. The molecule has 0 spiro atoms. The number of halogens is 2. The first-order valence-corrected chi connectivity index (χ1v) is 5.48. The van der Waals surface area contributed by atoms with Gasteiger partial charge in [0, 0.05) is 24.8 Å². The number of hydrogen-bond acceptors (Lipinski definition) is 4. The zero-order valence-electron chi connectivity index (χ0n) is 5.70. The highest BCUT2D eigenvalue weighted by Gasteiger charge is 2.11. The highest BCUT2D eigenvalue weighted by molar-refractivity contribution is 7.51. The van der Waals surface area contributed by atoms with Crippen LogP contribution >= 0.6 is 31.3 Å². The fraction of sp³-hybridized carbons (Fsp3) is 1.00. The van der Waals surface area contributed by atoms with Crippen LogP contribution in [0.5, 0.6) is 0 Å². The van der Waals surface area contributed by atoms with Gasteiger partial charge in [-0.25, -0.2) is 0 Å². The predicted octanol–water partition coefficient (Wildman–Crippen LogP) is -1.48. The molecule has 0 rings (SSSR count). The van der Waals surface area contributed by atoms with E-state index in [2.05, 4.69) is 0 Å². The standard InChI is InChI=1S/C4H10Cl2NO3P/c5-1-3-7(4-2-6)11(8,9)10/h1-4H2,(H2,8,9,10)/p-2. The molecule has 0 bridgehead atoms. The van der Waals surface area contributed by atoms with Gasteiger partial charge >= 0.3 is 0 Å². The highest BCUT2D eigenvalue weighted by Crippen LogP contribution is 2.33. The molecule has 0 aliphatic rings. The second kappa shape index (κ2) is 5.49. The zero-order chi connectivity index (χ0) is 8.91. The molecule has 0 saturated heterocycles. The van der Waals surface area contributed by atoms with Crippen molar-refractivity contribution in [3.05, 3.63) is 0 Å². The van der Waals surface area contributed by atoms with Gasteiger partial charge in [-0.1, -0.05) is 8.09 Å². The molecule has 0 aliphatic carbocycles. The van der Waals surface area contributed by atoms with Crippen molar-refractivity contribution in [1.82, 2.24) is 4.67 Å². The average molecular weight is 220 g/mol. The van der Waals surface area contributed by atoms with Gasteiger partial charge in [0.15, 0.2) is 0 Å². The Morgan fingerprint density at radius 1 is 1.00 bits per heavy atom. The van der Waals surface area contributed by atoms with Crippen LogP contribution in [0.15, 0.2) is 0 Å². The van der Waals surface area contributed by atoms with Crippen LogP contribution in [0.3, 0.4) is 0 Å². The Balaban J connectivity index is 3.88. The molecule has 0 atom stereocenters. The van der Waals surface area contributed by atoms with Crippen molar-refractivity contribution in [2.24, 2.45) is 0 Å². The van der Waals surface area contributed by atoms with Crippen LogP contribution in [-0.2, 0) is 0 Å². The van der Waals surface area contributed by atoms with E-state index < -0.39 is 8.09 Å². The summed E-state index contributed by atoms with van der Waals surface area (Å²) in [5.74, 6) is 0.205. The molecule has 0 saturated carbocycles. The van der Waals surface area contributed by atoms with Gasteiger partial charge in [-0.05, 0) is 0 Å². The first-order chi connectivity index (χ1) is 5.02. The first-order valence-electron chi connectivity index (χ1n) is 2.91. The smallest absolute Gasteiger partial charge is 0.0458 e. The molecule has 0 fully saturated rings. The molecule has 68 valence electrons. The van der Waals surface area contributed by atoms with E-state index in [-0.39, 0.29) is 24.8 Å². The van der Waals surface area contributed by atoms with E-state index in [0.717, 1.165) is 4.67 Å². The number of rotatable bonds is 5. The normalized spacial score (nSPS) is 12.5. The van der Waals surface area contributed by atoms with Crippen LogP contribution in [0.25, 0.3) is 0 Å². The van der Waals surface area contributed by atoms with Crippen molar-refractivity contribution < 1.29 is 14.7 Å². The Morgan fingerprint density at radius 3 is 1.55 bits per heavy atom. The molecule has 0 heterocycles. The van der Waals surface area contributed by atoms with Crippen molar-refractivity contribution in [3.8, 4) is 0 Å². The van der Waals surface area contributed by atoms with Crippen molar-refractivity contribution in [2.45, 2.75) is 0 Å². The van der Waals surface area contributed by atoms with Gasteiger partial charge in [-0.2, -0.15) is 4.67 Å². The summed E-state index contributed by atoms with van der Waals surface area (Å²) in [4.78, 5) is 31.2. The number of nitrogens with zero attached hydrogens (tertiary/aromatic N) is 1. The van der Waals surface area contributed by atoms with Gasteiger partial charge in [-0.15, -0.1) is 23.2 Å². The van der Waals surface area contributed by atoms with Gasteiger partial charge in [0.25, 0.3) is 0 Å². The molecule has 0 aromatic rings. The molecular weight excluding hydrogens is 212 g/mol. The van der Waals surface area contributed by atoms with Gasteiger partial charge in [0.1, 0.15) is 0 Å². The molecule has 0 unspecified atom stereocenters. The Labute approximate surface area is 76.0 Å². The van der Waals surface area contributed by atoms with E-state index in [4.69, 9.17) is 23.2 Å². The third-order valence-electron chi connectivity index (χ3n) is 1.03. The van der Waals surface area contributed by atoms with Crippen molar-refractivity contribution in [3.63, 3.8) is 0 Å². The van der Waals surface area contributed by atoms with Crippen molar-refractivity contribution in [2.75, 3.05) is 24.8 Å². The Morgan fingerprint density at radius 2 is 1.36 bits per heavy atom. The maximum Gasteiger partial charge on any atom is 0.0458 e. The summed E-state index contributed by atoms with van der Waals surface area (Å²) in [5, 5.41) is 0. The lowest BCUT2D eigenvalue weighted by Gasteiger charge is -2.49. The molecule has 7 heteroatoms. The largest absolute Gasteiger partial charge is 0.673 e. The SMILES string of the molecule is [O-][P+]([O-])([O-])N(CCCl)CCCl. The van der Waals surface area contributed by atoms with Crippen LogP contribution in [0.1, 0.15) is 0 Å². The second-order valence-corrected chi connectivity index (χ2v) is 4.06. The van der Waals surface area contributed by atoms with Crippen LogP contribution < -0.4 is 14.7 Å². The van der Waals surface area contributed by atoms with Crippen LogP contribution in [0, 0.1) is 0 Å². The van der Waals surface area contributed by atoms with E-state index in [1.54, 1.807) is 0 Å². The number of hydrogen-bond donors (Lipinski definition) is 0. The summed E-state index contributed by atoms with van der Waals surface area (Å²) in [7, 11) is -4.64. The summed E-state index contributed by atoms with van der Waals surface area (Å²) in [6.45, 7) is 0.0527. The lowest BCUT2D eigenvalue weighted by atomic mass is 10.6. The minimum atomic E-state index is -4.64. The van der Waals surface area contributed by atoms with Gasteiger partial charge in [0.05, 0.1) is 0 Å². The predicted molar refractivity (Wildman–Crippen MR) is 39.9 cm³/mol. The van der Waals surface area contributed by atoms with E-state index in [1.165, 1.54) is 0 Å². The van der Waals surface area contributed by atoms with Gasteiger partial charge < -0.3 is 14.7 Å². The summed E-state index contributed by atoms with van der Waals surface area (Å²) in [6.07, 6.45) is 0. The Kier molecular flexibility index (Phi) is 5.91. The first kappa shape index (κ1) is 11.8. The molecular formula is C4H8Cl2NO3P-2. The quantitative estimate of drug-likeness (QED) is 0.418. The fourth-order valence-corrected chi connectivity index (χ4v) is 1.89. The molecule has 0 aliphatic heterocycles. The fourth-order valence-electron chi connectivity index (χ4n) is 0.552. The van der Waals surface area contributed by atoms with Gasteiger partial charge in [-0.3, -0.25) is 0 Å². The van der Waals surface area contributed by atoms with Crippen molar-refractivity contribution in [1.29, 1.82) is 0 Å². The van der Waals surface area contributed by atoms with E-state index >= 15 is 0 Å². The second-order valence-electron chi connectivity index (χ2n) is 1.80. The van der Waals surface area contributed by atoms with Gasteiger partial charge in [0.2, 0.25) is 0 Å². The lowest BCUT2D eigenvalue weighted by molar-refractivity contribution is -0.443. The molecule has 0 radical (unpaired) electrons. The van der Waals surface area contributed by atoms with E-state index in [0.29, 0.717) is 0 Å². The minimum absolute atomic E-state index is 0.0263. The maximum atomic E-state index is 10.4. The molecule has 11 heavy (non-hydrogen) atoms. The summed E-state index contributed by atoms with van der Waals surface area (Å²) >= 11 is 10.5.